The number of aryl methyl sites for hydroxylation is 1. The van der Waals surface area contributed by atoms with Gasteiger partial charge in [0.25, 0.3) is 10.0 Å². The van der Waals surface area contributed by atoms with E-state index in [1.54, 1.807) is 13.8 Å². The number of aromatic hydroxyl groups is 1. The maximum atomic E-state index is 12.7. The lowest BCUT2D eigenvalue weighted by molar-refractivity contribution is 0.310. The molecule has 0 saturated carbocycles. The van der Waals surface area contributed by atoms with Crippen molar-refractivity contribution in [3.8, 4) is 5.75 Å². The first kappa shape index (κ1) is 22.1. The number of rotatable bonds is 10. The van der Waals surface area contributed by atoms with Crippen molar-refractivity contribution in [2.75, 3.05) is 23.7 Å². The smallest absolute Gasteiger partial charge is 0.256 e. The van der Waals surface area contributed by atoms with Crippen molar-refractivity contribution in [3.05, 3.63) is 29.0 Å². The highest BCUT2D eigenvalue weighted by atomic mass is 32.2. The SMILES string of the molecule is CC[C@@H](Nc1nonc1Nc1csc(S(=O)(=O)N(CC)CC)c1O)c1ccc(C)o1. The molecule has 0 amide bonds. The van der Waals surface area contributed by atoms with E-state index in [4.69, 9.17) is 9.05 Å². The molecule has 164 valence electrons. The van der Waals surface area contributed by atoms with Gasteiger partial charge in [0, 0.05) is 18.5 Å². The summed E-state index contributed by atoms with van der Waals surface area (Å²) in [5.74, 6) is 1.71. The van der Waals surface area contributed by atoms with Gasteiger partial charge in [-0.25, -0.2) is 13.0 Å². The first-order valence-corrected chi connectivity index (χ1v) is 11.9. The highest BCUT2D eigenvalue weighted by molar-refractivity contribution is 7.91. The first-order valence-electron chi connectivity index (χ1n) is 9.54. The molecule has 0 fully saturated rings. The third-order valence-electron chi connectivity index (χ3n) is 4.58. The summed E-state index contributed by atoms with van der Waals surface area (Å²) >= 11 is 0.932. The highest BCUT2D eigenvalue weighted by Crippen LogP contribution is 2.41. The van der Waals surface area contributed by atoms with Crippen molar-refractivity contribution in [1.82, 2.24) is 14.6 Å². The monoisotopic (exact) mass is 455 g/mol. The third-order valence-corrected chi connectivity index (χ3v) is 8.12. The zero-order valence-electron chi connectivity index (χ0n) is 17.2. The Balaban J connectivity index is 1.82. The summed E-state index contributed by atoms with van der Waals surface area (Å²) < 4.78 is 37.1. The summed E-state index contributed by atoms with van der Waals surface area (Å²) in [6, 6.07) is 3.59. The molecule has 3 N–H and O–H groups in total. The summed E-state index contributed by atoms with van der Waals surface area (Å²) in [5, 5.41) is 25.8. The highest BCUT2D eigenvalue weighted by Gasteiger charge is 2.29. The number of anilines is 3. The van der Waals surface area contributed by atoms with E-state index >= 15 is 0 Å². The Morgan fingerprint density at radius 2 is 1.90 bits per heavy atom. The number of sulfonamides is 1. The fourth-order valence-electron chi connectivity index (χ4n) is 2.96. The van der Waals surface area contributed by atoms with Gasteiger partial charge in [0.15, 0.2) is 9.96 Å². The van der Waals surface area contributed by atoms with Gasteiger partial charge in [0.1, 0.15) is 11.5 Å². The van der Waals surface area contributed by atoms with Gasteiger partial charge in [-0.05, 0) is 35.8 Å². The van der Waals surface area contributed by atoms with Crippen LogP contribution in [0.2, 0.25) is 0 Å². The van der Waals surface area contributed by atoms with Gasteiger partial charge in [-0.1, -0.05) is 20.8 Å². The molecule has 30 heavy (non-hydrogen) atoms. The summed E-state index contributed by atoms with van der Waals surface area (Å²) in [6.45, 7) is 7.97. The van der Waals surface area contributed by atoms with E-state index < -0.39 is 10.0 Å². The lowest BCUT2D eigenvalue weighted by Gasteiger charge is -2.17. The number of hydrogen-bond donors (Lipinski definition) is 3. The number of nitrogens with zero attached hydrogens (tertiary/aromatic N) is 3. The Morgan fingerprint density at radius 3 is 2.50 bits per heavy atom. The van der Waals surface area contributed by atoms with E-state index in [1.807, 2.05) is 26.0 Å². The summed E-state index contributed by atoms with van der Waals surface area (Å²) in [5.41, 5.74) is 0.200. The molecule has 0 aliphatic heterocycles. The minimum Gasteiger partial charge on any atom is -0.504 e. The quantitative estimate of drug-likeness (QED) is 0.413. The maximum absolute atomic E-state index is 12.7. The van der Waals surface area contributed by atoms with Crippen molar-refractivity contribution in [2.45, 2.75) is 44.4 Å². The second-order valence-corrected chi connectivity index (χ2v) is 9.53. The minimum atomic E-state index is -3.78. The number of nitrogens with one attached hydrogen (secondary N) is 2. The van der Waals surface area contributed by atoms with Crippen LogP contribution in [-0.2, 0) is 10.0 Å². The Labute approximate surface area is 178 Å². The van der Waals surface area contributed by atoms with E-state index in [2.05, 4.69) is 20.9 Å². The third kappa shape index (κ3) is 4.30. The molecule has 0 unspecified atom stereocenters. The van der Waals surface area contributed by atoms with E-state index in [0.717, 1.165) is 29.3 Å². The van der Waals surface area contributed by atoms with E-state index in [0.29, 0.717) is 18.9 Å². The summed E-state index contributed by atoms with van der Waals surface area (Å²) in [7, 11) is -3.78. The van der Waals surface area contributed by atoms with Crippen LogP contribution in [-0.4, -0.2) is 41.2 Å². The van der Waals surface area contributed by atoms with E-state index in [-0.39, 0.29) is 27.5 Å². The Morgan fingerprint density at radius 1 is 1.20 bits per heavy atom. The van der Waals surface area contributed by atoms with Gasteiger partial charge in [-0.2, -0.15) is 4.31 Å². The van der Waals surface area contributed by atoms with Crippen LogP contribution in [0.1, 0.15) is 44.8 Å². The van der Waals surface area contributed by atoms with Crippen LogP contribution < -0.4 is 10.6 Å². The molecular weight excluding hydrogens is 430 g/mol. The Bertz CT molecular complexity index is 1080. The molecule has 0 saturated heterocycles. The topological polar surface area (TPSA) is 134 Å². The van der Waals surface area contributed by atoms with Gasteiger partial charge in [0.05, 0.1) is 11.7 Å². The number of aromatic nitrogens is 2. The average Bonchev–Trinajstić information content (AvgIpc) is 3.42. The van der Waals surface area contributed by atoms with Crippen LogP contribution in [0.4, 0.5) is 17.3 Å². The summed E-state index contributed by atoms with van der Waals surface area (Å²) in [4.78, 5) is 0. The fourth-order valence-corrected chi connectivity index (χ4v) is 5.79. The normalized spacial score (nSPS) is 13.0. The molecular formula is C18H25N5O5S2. The predicted molar refractivity (Wildman–Crippen MR) is 114 cm³/mol. The van der Waals surface area contributed by atoms with Crippen molar-refractivity contribution >= 4 is 38.7 Å². The molecule has 0 aromatic carbocycles. The largest absolute Gasteiger partial charge is 0.504 e. The van der Waals surface area contributed by atoms with Crippen LogP contribution in [0.5, 0.6) is 5.75 Å². The lowest BCUT2D eigenvalue weighted by Crippen LogP contribution is -2.30. The maximum Gasteiger partial charge on any atom is 0.256 e. The number of furan rings is 1. The van der Waals surface area contributed by atoms with Crippen LogP contribution in [0.25, 0.3) is 0 Å². The molecule has 3 aromatic heterocycles. The second-order valence-electron chi connectivity index (χ2n) is 6.51. The molecule has 3 aromatic rings. The van der Waals surface area contributed by atoms with Crippen LogP contribution in [0, 0.1) is 6.92 Å². The van der Waals surface area contributed by atoms with E-state index in [1.165, 1.54) is 9.69 Å². The molecule has 0 aliphatic carbocycles. The minimum absolute atomic E-state index is 0.128. The van der Waals surface area contributed by atoms with Gasteiger partial charge in [-0.3, -0.25) is 0 Å². The number of hydrogen-bond acceptors (Lipinski definition) is 10. The Hall–Kier alpha value is -2.57. The first-order chi connectivity index (χ1) is 14.3. The van der Waals surface area contributed by atoms with E-state index in [9.17, 15) is 13.5 Å². The molecule has 1 atom stereocenters. The Kier molecular flexibility index (Phi) is 6.68. The summed E-state index contributed by atoms with van der Waals surface area (Å²) in [6.07, 6.45) is 0.717. The predicted octanol–water partition coefficient (Wildman–Crippen LogP) is 4.08. The molecule has 0 aliphatic rings. The fraction of sp³-hybridized carbons (Fsp3) is 0.444. The lowest BCUT2D eigenvalue weighted by atomic mass is 10.2. The molecule has 3 heterocycles. The van der Waals surface area contributed by atoms with Gasteiger partial charge in [-0.15, -0.1) is 11.3 Å². The number of thiophene rings is 1. The van der Waals surface area contributed by atoms with Crippen molar-refractivity contribution < 1.29 is 22.6 Å². The van der Waals surface area contributed by atoms with Crippen molar-refractivity contribution in [2.24, 2.45) is 0 Å². The molecule has 0 radical (unpaired) electrons. The van der Waals surface area contributed by atoms with Gasteiger partial charge < -0.3 is 20.2 Å². The van der Waals surface area contributed by atoms with Crippen molar-refractivity contribution in [3.63, 3.8) is 0 Å². The standard InChI is InChI=1S/C18H25N5O5S2/c1-5-12(14-9-8-11(4)27-14)19-16-17(22-28-21-16)20-13-10-29-18(15(13)24)30(25,26)23(6-2)7-3/h8-10,12,24H,5-7H2,1-4H3,(H,19,21)(H,20,22)/t12-/m1/s1. The van der Waals surface area contributed by atoms with Crippen molar-refractivity contribution in [1.29, 1.82) is 0 Å². The van der Waals surface area contributed by atoms with Gasteiger partial charge in [0.2, 0.25) is 11.6 Å². The molecule has 12 heteroatoms. The van der Waals surface area contributed by atoms with Crippen LogP contribution in [0.3, 0.4) is 0 Å². The average molecular weight is 456 g/mol. The molecule has 3 rings (SSSR count). The van der Waals surface area contributed by atoms with Crippen LogP contribution >= 0.6 is 11.3 Å². The van der Waals surface area contributed by atoms with Crippen LogP contribution in [0.15, 0.2) is 30.8 Å². The second kappa shape index (κ2) is 9.06. The molecule has 0 bridgehead atoms. The molecule has 0 spiro atoms. The zero-order valence-corrected chi connectivity index (χ0v) is 18.8. The van der Waals surface area contributed by atoms with Gasteiger partial charge >= 0.3 is 0 Å². The zero-order chi connectivity index (χ0) is 21.9. The molecule has 10 nitrogen and oxygen atoms in total.